The second-order valence-electron chi connectivity index (χ2n) is 4.92. The number of hydrogen-bond donors (Lipinski definition) is 1. The summed E-state index contributed by atoms with van der Waals surface area (Å²) in [7, 11) is 0. The molecule has 0 saturated carbocycles. The van der Waals surface area contributed by atoms with Crippen LogP contribution in [0.1, 0.15) is 5.56 Å². The molecular weight excluding hydrogens is 283 g/mol. The van der Waals surface area contributed by atoms with Crippen molar-refractivity contribution < 1.29 is 13.7 Å². The van der Waals surface area contributed by atoms with Crippen LogP contribution in [0.5, 0.6) is 0 Å². The molecule has 4 nitrogen and oxygen atoms in total. The van der Waals surface area contributed by atoms with Gasteiger partial charge in [0.1, 0.15) is 11.5 Å². The van der Waals surface area contributed by atoms with Crippen molar-refractivity contribution >= 4 is 5.91 Å². The van der Waals surface area contributed by atoms with Gasteiger partial charge in [0, 0.05) is 17.2 Å². The fourth-order valence-electron chi connectivity index (χ4n) is 2.16. The Hall–Kier alpha value is -2.95. The van der Waals surface area contributed by atoms with Gasteiger partial charge >= 0.3 is 0 Å². The van der Waals surface area contributed by atoms with Crippen LogP contribution in [0.4, 0.5) is 4.39 Å². The first kappa shape index (κ1) is 14.0. The summed E-state index contributed by atoms with van der Waals surface area (Å²) >= 11 is 0. The molecule has 0 fully saturated rings. The van der Waals surface area contributed by atoms with Crippen molar-refractivity contribution in [2.24, 2.45) is 5.73 Å². The highest BCUT2D eigenvalue weighted by Gasteiger charge is 2.09. The molecule has 0 aliphatic heterocycles. The maximum absolute atomic E-state index is 12.9. The minimum absolute atomic E-state index is 0.208. The number of halogens is 1. The van der Waals surface area contributed by atoms with Crippen molar-refractivity contribution in [2.45, 2.75) is 6.42 Å². The normalized spacial score (nSPS) is 10.6. The molecule has 1 amide bonds. The van der Waals surface area contributed by atoms with E-state index in [9.17, 15) is 9.18 Å². The number of primary amides is 1. The summed E-state index contributed by atoms with van der Waals surface area (Å²) in [5.41, 5.74) is 8.30. The van der Waals surface area contributed by atoms with Gasteiger partial charge in [0.25, 0.3) is 0 Å². The highest BCUT2D eigenvalue weighted by atomic mass is 19.1. The van der Waals surface area contributed by atoms with Crippen LogP contribution < -0.4 is 5.73 Å². The molecule has 3 rings (SSSR count). The van der Waals surface area contributed by atoms with Crippen molar-refractivity contribution in [3.8, 4) is 22.6 Å². The molecule has 3 aromatic rings. The maximum atomic E-state index is 12.9. The lowest BCUT2D eigenvalue weighted by atomic mass is 10.1. The molecule has 0 aliphatic rings. The van der Waals surface area contributed by atoms with Gasteiger partial charge in [-0.1, -0.05) is 29.4 Å². The van der Waals surface area contributed by atoms with Crippen LogP contribution in [0, 0.1) is 5.82 Å². The van der Waals surface area contributed by atoms with E-state index in [0.717, 1.165) is 16.7 Å². The highest BCUT2D eigenvalue weighted by Crippen LogP contribution is 2.26. The van der Waals surface area contributed by atoms with E-state index in [1.807, 2.05) is 24.3 Å². The summed E-state index contributed by atoms with van der Waals surface area (Å²) in [5, 5.41) is 4.02. The van der Waals surface area contributed by atoms with Crippen LogP contribution in [0.25, 0.3) is 22.6 Å². The zero-order valence-electron chi connectivity index (χ0n) is 11.6. The molecule has 0 radical (unpaired) electrons. The van der Waals surface area contributed by atoms with Crippen LogP contribution in [0.15, 0.2) is 59.1 Å². The van der Waals surface area contributed by atoms with Crippen LogP contribution in [0.2, 0.25) is 0 Å². The second-order valence-corrected chi connectivity index (χ2v) is 4.92. The largest absolute Gasteiger partial charge is 0.369 e. The van der Waals surface area contributed by atoms with Gasteiger partial charge in [0.05, 0.1) is 6.42 Å². The average Bonchev–Trinajstić information content (AvgIpc) is 2.98. The fraction of sp³-hybridized carbons (Fsp3) is 0.0588. The lowest BCUT2D eigenvalue weighted by Gasteiger charge is -1.99. The van der Waals surface area contributed by atoms with Crippen molar-refractivity contribution in [1.29, 1.82) is 0 Å². The summed E-state index contributed by atoms with van der Waals surface area (Å²) in [4.78, 5) is 10.9. The van der Waals surface area contributed by atoms with E-state index in [1.54, 1.807) is 18.2 Å². The molecule has 5 heteroatoms. The molecule has 1 heterocycles. The second kappa shape index (κ2) is 5.81. The molecule has 110 valence electrons. The number of nitrogens with zero attached hydrogens (tertiary/aromatic N) is 1. The lowest BCUT2D eigenvalue weighted by Crippen LogP contribution is -2.13. The Bertz CT molecular complexity index is 792. The standard InChI is InChI=1S/C17H13FN2O2/c18-14-7-5-13(6-8-14)16-10-15(20-22-16)12-3-1-11(2-4-12)9-17(19)21/h1-8,10H,9H2,(H2,19,21). The summed E-state index contributed by atoms with van der Waals surface area (Å²) in [5.74, 6) is -0.0995. The van der Waals surface area contributed by atoms with E-state index in [2.05, 4.69) is 5.16 Å². The van der Waals surface area contributed by atoms with Crippen molar-refractivity contribution in [3.05, 3.63) is 66.0 Å². The van der Waals surface area contributed by atoms with E-state index in [0.29, 0.717) is 11.5 Å². The minimum atomic E-state index is -0.368. The lowest BCUT2D eigenvalue weighted by molar-refractivity contribution is -0.117. The molecule has 0 bridgehead atoms. The quantitative estimate of drug-likeness (QED) is 0.804. The Morgan fingerprint density at radius 1 is 1.05 bits per heavy atom. The number of carbonyl (C=O) groups excluding carboxylic acids is 1. The monoisotopic (exact) mass is 296 g/mol. The zero-order valence-corrected chi connectivity index (χ0v) is 11.6. The number of hydrogen-bond acceptors (Lipinski definition) is 3. The molecule has 0 aliphatic carbocycles. The van der Waals surface area contributed by atoms with E-state index >= 15 is 0 Å². The summed E-state index contributed by atoms with van der Waals surface area (Å²) < 4.78 is 18.2. The smallest absolute Gasteiger partial charge is 0.221 e. The molecule has 0 atom stereocenters. The van der Waals surface area contributed by atoms with Gasteiger partial charge in [-0.3, -0.25) is 4.79 Å². The number of amides is 1. The van der Waals surface area contributed by atoms with Gasteiger partial charge in [-0.2, -0.15) is 0 Å². The highest BCUT2D eigenvalue weighted by molar-refractivity contribution is 5.77. The molecule has 0 spiro atoms. The van der Waals surface area contributed by atoms with Crippen LogP contribution in [-0.2, 0) is 11.2 Å². The predicted octanol–water partition coefficient (Wildman–Crippen LogP) is 3.18. The Morgan fingerprint density at radius 3 is 2.32 bits per heavy atom. The minimum Gasteiger partial charge on any atom is -0.369 e. The first-order valence-electron chi connectivity index (χ1n) is 6.72. The SMILES string of the molecule is NC(=O)Cc1ccc(-c2cc(-c3ccc(F)cc3)on2)cc1. The van der Waals surface area contributed by atoms with Crippen LogP contribution in [0.3, 0.4) is 0 Å². The molecule has 1 aromatic heterocycles. The topological polar surface area (TPSA) is 69.1 Å². The van der Waals surface area contributed by atoms with Gasteiger partial charge in [-0.15, -0.1) is 0 Å². The molecule has 22 heavy (non-hydrogen) atoms. The number of aromatic nitrogens is 1. The Labute approximate surface area is 126 Å². The molecular formula is C17H13FN2O2. The first-order chi connectivity index (χ1) is 10.6. The summed E-state index contributed by atoms with van der Waals surface area (Å²) in [6, 6.07) is 15.2. The third-order valence-corrected chi connectivity index (χ3v) is 3.27. The van der Waals surface area contributed by atoms with E-state index in [-0.39, 0.29) is 18.1 Å². The third-order valence-electron chi connectivity index (χ3n) is 3.27. The van der Waals surface area contributed by atoms with Gasteiger partial charge in [0.15, 0.2) is 5.76 Å². The molecule has 2 aromatic carbocycles. The van der Waals surface area contributed by atoms with E-state index in [1.165, 1.54) is 12.1 Å². The van der Waals surface area contributed by atoms with Gasteiger partial charge in [0.2, 0.25) is 5.91 Å². The van der Waals surface area contributed by atoms with Crippen LogP contribution >= 0.6 is 0 Å². The fourth-order valence-corrected chi connectivity index (χ4v) is 2.16. The third kappa shape index (κ3) is 3.03. The number of carbonyl (C=O) groups is 1. The number of nitrogens with two attached hydrogens (primary N) is 1. The van der Waals surface area contributed by atoms with Crippen molar-refractivity contribution in [3.63, 3.8) is 0 Å². The Morgan fingerprint density at radius 2 is 1.68 bits per heavy atom. The zero-order chi connectivity index (χ0) is 15.5. The van der Waals surface area contributed by atoms with Gasteiger partial charge < -0.3 is 10.3 Å². The summed E-state index contributed by atoms with van der Waals surface area (Å²) in [6.07, 6.45) is 0.208. The van der Waals surface area contributed by atoms with Gasteiger partial charge in [-0.05, 0) is 29.8 Å². The van der Waals surface area contributed by atoms with Crippen molar-refractivity contribution in [1.82, 2.24) is 5.16 Å². The van der Waals surface area contributed by atoms with E-state index in [4.69, 9.17) is 10.3 Å². The van der Waals surface area contributed by atoms with Gasteiger partial charge in [-0.25, -0.2) is 4.39 Å². The van der Waals surface area contributed by atoms with E-state index < -0.39 is 0 Å². The summed E-state index contributed by atoms with van der Waals surface area (Å²) in [6.45, 7) is 0. The number of benzene rings is 2. The maximum Gasteiger partial charge on any atom is 0.221 e. The van der Waals surface area contributed by atoms with Crippen LogP contribution in [-0.4, -0.2) is 11.1 Å². The number of rotatable bonds is 4. The Balaban J connectivity index is 1.84. The average molecular weight is 296 g/mol. The first-order valence-corrected chi connectivity index (χ1v) is 6.72. The van der Waals surface area contributed by atoms with Crippen molar-refractivity contribution in [2.75, 3.05) is 0 Å². The molecule has 2 N–H and O–H groups in total. The predicted molar refractivity (Wildman–Crippen MR) is 80.2 cm³/mol. The Kier molecular flexibility index (Phi) is 3.70. The molecule has 0 saturated heterocycles. The molecule has 0 unspecified atom stereocenters.